The van der Waals surface area contributed by atoms with Crippen LogP contribution in [0.25, 0.3) is 0 Å². The molecule has 1 aromatic carbocycles. The molecule has 1 rings (SSSR count). The van der Waals surface area contributed by atoms with Crippen molar-refractivity contribution in [2.24, 2.45) is 5.73 Å². The molecule has 0 aromatic heterocycles. The lowest BCUT2D eigenvalue weighted by Gasteiger charge is -2.12. The maximum absolute atomic E-state index is 11.6. The second-order valence-electron chi connectivity index (χ2n) is 4.08. The summed E-state index contributed by atoms with van der Waals surface area (Å²) in [7, 11) is 0. The van der Waals surface area contributed by atoms with E-state index >= 15 is 0 Å². The minimum Gasteiger partial charge on any atom is -0.354 e. The molecule has 3 N–H and O–H groups in total. The third-order valence-electron chi connectivity index (χ3n) is 2.52. The summed E-state index contributed by atoms with van der Waals surface area (Å²) in [5.74, 6) is 0.850. The molecule has 3 nitrogen and oxygen atoms in total. The van der Waals surface area contributed by atoms with E-state index in [9.17, 15) is 4.79 Å². The van der Waals surface area contributed by atoms with E-state index in [4.69, 9.17) is 5.73 Å². The van der Waals surface area contributed by atoms with Crippen molar-refractivity contribution in [1.29, 1.82) is 0 Å². The minimum atomic E-state index is -0.459. The molecule has 0 bridgehead atoms. The molecule has 0 aliphatic heterocycles. The van der Waals surface area contributed by atoms with Crippen molar-refractivity contribution in [3.63, 3.8) is 0 Å². The van der Waals surface area contributed by atoms with E-state index in [0.717, 1.165) is 11.3 Å². The number of thioether (sulfide) groups is 1. The molecule has 0 saturated carbocycles. The maximum Gasteiger partial charge on any atom is 0.237 e. The van der Waals surface area contributed by atoms with Gasteiger partial charge in [-0.25, -0.2) is 0 Å². The topological polar surface area (TPSA) is 55.1 Å². The van der Waals surface area contributed by atoms with Crippen LogP contribution in [0.1, 0.15) is 11.1 Å². The quantitative estimate of drug-likeness (QED) is 0.751. The fourth-order valence-electron chi connectivity index (χ4n) is 1.48. The van der Waals surface area contributed by atoms with Crippen LogP contribution in [0, 0.1) is 6.92 Å². The molecule has 0 spiro atoms. The lowest BCUT2D eigenvalue weighted by Crippen LogP contribution is -2.42. The lowest BCUT2D eigenvalue weighted by atomic mass is 10.0. The van der Waals surface area contributed by atoms with Crippen molar-refractivity contribution in [3.8, 4) is 0 Å². The summed E-state index contributed by atoms with van der Waals surface area (Å²) in [6, 6.07) is 7.65. The fourth-order valence-corrected chi connectivity index (χ4v) is 1.78. The summed E-state index contributed by atoms with van der Waals surface area (Å²) in [6.45, 7) is 2.72. The zero-order valence-electron chi connectivity index (χ0n) is 10.4. The average Bonchev–Trinajstić information content (AvgIpc) is 2.32. The number of amides is 1. The van der Waals surface area contributed by atoms with Crippen molar-refractivity contribution < 1.29 is 4.79 Å². The molecule has 17 heavy (non-hydrogen) atoms. The highest BCUT2D eigenvalue weighted by Gasteiger charge is 2.12. The fraction of sp³-hybridized carbons (Fsp3) is 0.462. The van der Waals surface area contributed by atoms with Crippen LogP contribution in [0.2, 0.25) is 0 Å². The number of carbonyl (C=O) groups is 1. The van der Waals surface area contributed by atoms with E-state index in [1.807, 2.05) is 37.4 Å². The van der Waals surface area contributed by atoms with Crippen LogP contribution < -0.4 is 11.1 Å². The zero-order valence-corrected chi connectivity index (χ0v) is 11.2. The van der Waals surface area contributed by atoms with Gasteiger partial charge in [0, 0.05) is 12.3 Å². The third-order valence-corrected chi connectivity index (χ3v) is 3.13. The van der Waals surface area contributed by atoms with Crippen LogP contribution >= 0.6 is 11.8 Å². The summed E-state index contributed by atoms with van der Waals surface area (Å²) in [5, 5.41) is 2.83. The largest absolute Gasteiger partial charge is 0.354 e. The maximum atomic E-state index is 11.6. The highest BCUT2D eigenvalue weighted by atomic mass is 32.2. The predicted molar refractivity (Wildman–Crippen MR) is 74.3 cm³/mol. The Hall–Kier alpha value is -1.00. The Balaban J connectivity index is 2.40. The van der Waals surface area contributed by atoms with Gasteiger partial charge in [-0.15, -0.1) is 0 Å². The van der Waals surface area contributed by atoms with Crippen LogP contribution in [0.15, 0.2) is 24.3 Å². The standard InChI is InChI=1S/C13H20N2OS/c1-10-3-5-11(6-4-10)9-12(14)13(16)15-7-8-17-2/h3-6,12H,7-9,14H2,1-2H3,(H,15,16). The second kappa shape index (κ2) is 7.35. The van der Waals surface area contributed by atoms with Gasteiger partial charge in [-0.1, -0.05) is 29.8 Å². The van der Waals surface area contributed by atoms with Crippen LogP contribution in [-0.2, 0) is 11.2 Å². The molecule has 0 fully saturated rings. The van der Waals surface area contributed by atoms with Crippen LogP contribution in [0.5, 0.6) is 0 Å². The Morgan fingerprint density at radius 2 is 2.06 bits per heavy atom. The molecule has 0 heterocycles. The van der Waals surface area contributed by atoms with Crippen molar-refractivity contribution in [3.05, 3.63) is 35.4 Å². The smallest absolute Gasteiger partial charge is 0.237 e. The molecule has 4 heteroatoms. The van der Waals surface area contributed by atoms with Gasteiger partial charge >= 0.3 is 0 Å². The molecule has 0 radical (unpaired) electrons. The first-order valence-electron chi connectivity index (χ1n) is 5.71. The summed E-state index contributed by atoms with van der Waals surface area (Å²) in [4.78, 5) is 11.6. The molecule has 94 valence electrons. The Kier molecular flexibility index (Phi) is 6.08. The van der Waals surface area contributed by atoms with Crippen molar-refractivity contribution in [1.82, 2.24) is 5.32 Å². The molecule has 1 amide bonds. The third kappa shape index (κ3) is 5.24. The van der Waals surface area contributed by atoms with Gasteiger partial charge in [0.2, 0.25) is 5.91 Å². The van der Waals surface area contributed by atoms with Gasteiger partial charge < -0.3 is 11.1 Å². The van der Waals surface area contributed by atoms with Gasteiger partial charge in [0.15, 0.2) is 0 Å². The van der Waals surface area contributed by atoms with Crippen molar-refractivity contribution in [2.45, 2.75) is 19.4 Å². The monoisotopic (exact) mass is 252 g/mol. The average molecular weight is 252 g/mol. The van der Waals surface area contributed by atoms with E-state index in [1.54, 1.807) is 11.8 Å². The Labute approximate surface area is 107 Å². The molecular weight excluding hydrogens is 232 g/mol. The zero-order chi connectivity index (χ0) is 12.7. The Morgan fingerprint density at radius 1 is 1.41 bits per heavy atom. The molecule has 1 unspecified atom stereocenters. The van der Waals surface area contributed by atoms with Crippen LogP contribution in [0.3, 0.4) is 0 Å². The van der Waals surface area contributed by atoms with E-state index in [1.165, 1.54) is 5.56 Å². The number of hydrogen-bond donors (Lipinski definition) is 2. The van der Waals surface area contributed by atoms with Gasteiger partial charge in [-0.2, -0.15) is 11.8 Å². The first-order chi connectivity index (χ1) is 8.13. The minimum absolute atomic E-state index is 0.0698. The SMILES string of the molecule is CSCCNC(=O)C(N)Cc1ccc(C)cc1. The Bertz CT molecular complexity index is 351. The molecular formula is C13H20N2OS. The van der Waals surface area contributed by atoms with Gasteiger partial charge in [-0.3, -0.25) is 4.79 Å². The molecule has 1 atom stereocenters. The van der Waals surface area contributed by atoms with Gasteiger partial charge in [0.25, 0.3) is 0 Å². The van der Waals surface area contributed by atoms with E-state index < -0.39 is 6.04 Å². The van der Waals surface area contributed by atoms with E-state index in [-0.39, 0.29) is 5.91 Å². The van der Waals surface area contributed by atoms with Gasteiger partial charge in [0.1, 0.15) is 0 Å². The predicted octanol–water partition coefficient (Wildman–Crippen LogP) is 1.34. The van der Waals surface area contributed by atoms with Crippen LogP contribution in [-0.4, -0.2) is 30.5 Å². The van der Waals surface area contributed by atoms with E-state index in [0.29, 0.717) is 13.0 Å². The summed E-state index contributed by atoms with van der Waals surface area (Å²) in [5.41, 5.74) is 8.17. The number of aryl methyl sites for hydroxylation is 1. The normalized spacial score (nSPS) is 12.2. The van der Waals surface area contributed by atoms with Crippen molar-refractivity contribution >= 4 is 17.7 Å². The number of nitrogens with one attached hydrogen (secondary N) is 1. The van der Waals surface area contributed by atoms with Gasteiger partial charge in [0.05, 0.1) is 6.04 Å². The molecule has 1 aromatic rings. The highest BCUT2D eigenvalue weighted by molar-refractivity contribution is 7.98. The first-order valence-corrected chi connectivity index (χ1v) is 7.10. The first kappa shape index (κ1) is 14.1. The number of nitrogens with two attached hydrogens (primary N) is 1. The summed E-state index contributed by atoms with van der Waals surface area (Å²) in [6.07, 6.45) is 2.60. The van der Waals surface area contributed by atoms with Gasteiger partial charge in [-0.05, 0) is 25.2 Å². The van der Waals surface area contributed by atoms with Crippen LogP contribution in [0.4, 0.5) is 0 Å². The number of benzene rings is 1. The number of hydrogen-bond acceptors (Lipinski definition) is 3. The van der Waals surface area contributed by atoms with E-state index in [2.05, 4.69) is 5.32 Å². The summed E-state index contributed by atoms with van der Waals surface area (Å²) >= 11 is 1.71. The summed E-state index contributed by atoms with van der Waals surface area (Å²) < 4.78 is 0. The second-order valence-corrected chi connectivity index (χ2v) is 5.07. The lowest BCUT2D eigenvalue weighted by molar-refractivity contribution is -0.122. The number of rotatable bonds is 6. The Morgan fingerprint density at radius 3 is 2.65 bits per heavy atom. The van der Waals surface area contributed by atoms with Crippen molar-refractivity contribution in [2.75, 3.05) is 18.6 Å². The number of carbonyl (C=O) groups excluding carboxylic acids is 1. The molecule has 0 saturated heterocycles. The molecule has 0 aliphatic carbocycles. The highest BCUT2D eigenvalue weighted by Crippen LogP contribution is 2.05. The molecule has 0 aliphatic rings.